The highest BCUT2D eigenvalue weighted by Gasteiger charge is 2.35. The standard InChI is InChI=1S/C26H29F3N4O/c1-25(2,3)34-21-10-6-9-20(15-21)31-23-22(26(27,28)29)16-30-24(33-23)32-19-13-11-18(12-14-19)17-7-4-5-8-17/h6,9-17H,4-5,7-8H2,1-3H3,(H2,30,31,32,33). The van der Waals surface area contributed by atoms with Crippen molar-refractivity contribution >= 4 is 23.1 Å². The lowest BCUT2D eigenvalue weighted by Crippen LogP contribution is -2.22. The van der Waals surface area contributed by atoms with E-state index in [1.54, 1.807) is 24.3 Å². The molecule has 2 aromatic carbocycles. The van der Waals surface area contributed by atoms with Crippen LogP contribution in [0.4, 0.5) is 36.3 Å². The molecule has 1 fully saturated rings. The highest BCUT2D eigenvalue weighted by atomic mass is 19.4. The van der Waals surface area contributed by atoms with Crippen LogP contribution in [0.1, 0.15) is 63.5 Å². The predicted molar refractivity (Wildman–Crippen MR) is 128 cm³/mol. The van der Waals surface area contributed by atoms with Crippen molar-refractivity contribution < 1.29 is 17.9 Å². The van der Waals surface area contributed by atoms with Crippen LogP contribution >= 0.6 is 0 Å². The van der Waals surface area contributed by atoms with Crippen molar-refractivity contribution in [3.63, 3.8) is 0 Å². The maximum atomic E-state index is 13.6. The number of nitrogens with one attached hydrogen (secondary N) is 2. The first-order chi connectivity index (χ1) is 16.1. The van der Waals surface area contributed by atoms with E-state index in [1.807, 2.05) is 32.9 Å². The molecule has 1 aliphatic carbocycles. The molecule has 0 radical (unpaired) electrons. The molecule has 0 unspecified atom stereocenters. The first kappa shape index (κ1) is 23.9. The van der Waals surface area contributed by atoms with Crippen LogP contribution in [0.5, 0.6) is 5.75 Å². The average Bonchev–Trinajstić information content (AvgIpc) is 3.27. The third-order valence-electron chi connectivity index (χ3n) is 5.61. The smallest absolute Gasteiger partial charge is 0.421 e. The highest BCUT2D eigenvalue weighted by Crippen LogP contribution is 2.37. The molecule has 0 atom stereocenters. The van der Waals surface area contributed by atoms with Gasteiger partial charge in [0.1, 0.15) is 22.7 Å². The number of benzene rings is 2. The Morgan fingerprint density at radius 1 is 0.912 bits per heavy atom. The minimum Gasteiger partial charge on any atom is -0.488 e. The van der Waals surface area contributed by atoms with E-state index in [1.165, 1.54) is 31.2 Å². The van der Waals surface area contributed by atoms with Gasteiger partial charge in [0.25, 0.3) is 0 Å². The summed E-state index contributed by atoms with van der Waals surface area (Å²) < 4.78 is 46.7. The number of hydrogen-bond acceptors (Lipinski definition) is 5. The number of hydrogen-bond donors (Lipinski definition) is 2. The van der Waals surface area contributed by atoms with Crippen LogP contribution in [0.2, 0.25) is 0 Å². The van der Waals surface area contributed by atoms with Gasteiger partial charge in [-0.15, -0.1) is 0 Å². The molecule has 8 heteroatoms. The lowest BCUT2D eigenvalue weighted by atomic mass is 9.98. The largest absolute Gasteiger partial charge is 0.488 e. The third kappa shape index (κ3) is 6.18. The van der Waals surface area contributed by atoms with Crippen LogP contribution in [0, 0.1) is 0 Å². The van der Waals surface area contributed by atoms with E-state index < -0.39 is 17.3 Å². The Hall–Kier alpha value is -3.29. The fourth-order valence-electron chi connectivity index (χ4n) is 4.10. The van der Waals surface area contributed by atoms with Crippen LogP contribution in [-0.4, -0.2) is 15.6 Å². The normalized spacial score (nSPS) is 14.8. The van der Waals surface area contributed by atoms with Crippen LogP contribution in [0.15, 0.2) is 54.7 Å². The molecule has 1 aromatic heterocycles. The summed E-state index contributed by atoms with van der Waals surface area (Å²) >= 11 is 0. The third-order valence-corrected chi connectivity index (χ3v) is 5.61. The summed E-state index contributed by atoms with van der Waals surface area (Å²) in [6.45, 7) is 5.70. The lowest BCUT2D eigenvalue weighted by molar-refractivity contribution is -0.137. The SMILES string of the molecule is CC(C)(C)Oc1cccc(Nc2nc(Nc3ccc(C4CCCC4)cc3)ncc2C(F)(F)F)c1. The van der Waals surface area contributed by atoms with Gasteiger partial charge < -0.3 is 15.4 Å². The van der Waals surface area contributed by atoms with Crippen LogP contribution < -0.4 is 15.4 Å². The van der Waals surface area contributed by atoms with Gasteiger partial charge in [0.15, 0.2) is 0 Å². The molecule has 2 N–H and O–H groups in total. The molecule has 1 saturated carbocycles. The Bertz CT molecular complexity index is 1120. The van der Waals surface area contributed by atoms with Gasteiger partial charge in [-0.2, -0.15) is 18.2 Å². The second-order valence-electron chi connectivity index (χ2n) is 9.55. The van der Waals surface area contributed by atoms with Gasteiger partial charge in [-0.05, 0) is 69.4 Å². The number of halogens is 3. The lowest BCUT2D eigenvalue weighted by Gasteiger charge is -2.22. The molecule has 0 bridgehead atoms. The first-order valence-corrected chi connectivity index (χ1v) is 11.4. The maximum absolute atomic E-state index is 13.6. The summed E-state index contributed by atoms with van der Waals surface area (Å²) in [5.41, 5.74) is 1.05. The van der Waals surface area contributed by atoms with E-state index in [0.29, 0.717) is 23.0 Å². The average molecular weight is 471 g/mol. The van der Waals surface area contributed by atoms with Crippen molar-refractivity contribution in [2.24, 2.45) is 0 Å². The Balaban J connectivity index is 1.56. The number of alkyl halides is 3. The molecule has 1 aliphatic rings. The Labute approximate surface area is 197 Å². The highest BCUT2D eigenvalue weighted by molar-refractivity contribution is 5.64. The number of aromatic nitrogens is 2. The fraction of sp³-hybridized carbons (Fsp3) is 0.385. The molecular formula is C26H29F3N4O. The summed E-state index contributed by atoms with van der Waals surface area (Å²) in [4.78, 5) is 8.04. The van der Waals surface area contributed by atoms with Crippen molar-refractivity contribution in [1.82, 2.24) is 9.97 Å². The van der Waals surface area contributed by atoms with Gasteiger partial charge >= 0.3 is 6.18 Å². The Morgan fingerprint density at radius 2 is 1.62 bits per heavy atom. The summed E-state index contributed by atoms with van der Waals surface area (Å²) in [6, 6.07) is 14.7. The fourth-order valence-corrected chi connectivity index (χ4v) is 4.10. The minimum atomic E-state index is -4.61. The molecular weight excluding hydrogens is 441 g/mol. The summed E-state index contributed by atoms with van der Waals surface area (Å²) in [5, 5.41) is 5.80. The number of anilines is 4. The molecule has 0 spiro atoms. The summed E-state index contributed by atoms with van der Waals surface area (Å²) in [6.07, 6.45) is 1.09. The van der Waals surface area contributed by atoms with Gasteiger partial charge in [-0.3, -0.25) is 0 Å². The van der Waals surface area contributed by atoms with Crippen molar-refractivity contribution in [2.45, 2.75) is 64.1 Å². The van der Waals surface area contributed by atoms with Crippen LogP contribution in [-0.2, 0) is 6.18 Å². The zero-order valence-corrected chi connectivity index (χ0v) is 19.5. The molecule has 4 rings (SSSR count). The second-order valence-corrected chi connectivity index (χ2v) is 9.55. The number of ether oxygens (including phenoxy) is 1. The zero-order chi connectivity index (χ0) is 24.3. The van der Waals surface area contributed by atoms with Crippen molar-refractivity contribution in [3.05, 3.63) is 65.9 Å². The molecule has 34 heavy (non-hydrogen) atoms. The Kier molecular flexibility index (Phi) is 6.68. The zero-order valence-electron chi connectivity index (χ0n) is 19.5. The van der Waals surface area contributed by atoms with Crippen molar-refractivity contribution in [3.8, 4) is 5.75 Å². The molecule has 0 amide bonds. The van der Waals surface area contributed by atoms with Gasteiger partial charge in [0.05, 0.1) is 0 Å². The monoisotopic (exact) mass is 470 g/mol. The van der Waals surface area contributed by atoms with Gasteiger partial charge in [-0.25, -0.2) is 4.98 Å². The van der Waals surface area contributed by atoms with Crippen molar-refractivity contribution in [1.29, 1.82) is 0 Å². The van der Waals surface area contributed by atoms with E-state index in [2.05, 4.69) is 32.7 Å². The van der Waals surface area contributed by atoms with E-state index >= 15 is 0 Å². The van der Waals surface area contributed by atoms with E-state index in [-0.39, 0.29) is 11.8 Å². The van der Waals surface area contributed by atoms with Crippen LogP contribution in [0.3, 0.4) is 0 Å². The molecule has 3 aromatic rings. The van der Waals surface area contributed by atoms with E-state index in [9.17, 15) is 13.2 Å². The molecule has 5 nitrogen and oxygen atoms in total. The summed E-state index contributed by atoms with van der Waals surface area (Å²) in [5.74, 6) is 0.873. The second kappa shape index (κ2) is 9.52. The first-order valence-electron chi connectivity index (χ1n) is 11.4. The van der Waals surface area contributed by atoms with E-state index in [0.717, 1.165) is 6.20 Å². The summed E-state index contributed by atoms with van der Waals surface area (Å²) in [7, 11) is 0. The maximum Gasteiger partial charge on any atom is 0.421 e. The molecule has 0 saturated heterocycles. The molecule has 180 valence electrons. The van der Waals surface area contributed by atoms with Crippen LogP contribution in [0.25, 0.3) is 0 Å². The van der Waals surface area contributed by atoms with E-state index in [4.69, 9.17) is 4.74 Å². The Morgan fingerprint density at radius 3 is 2.26 bits per heavy atom. The predicted octanol–water partition coefficient (Wildman–Crippen LogP) is 7.82. The topological polar surface area (TPSA) is 59.1 Å². The van der Waals surface area contributed by atoms with Crippen molar-refractivity contribution in [2.75, 3.05) is 10.6 Å². The van der Waals surface area contributed by atoms with Gasteiger partial charge in [0, 0.05) is 23.6 Å². The number of rotatable bonds is 6. The van der Waals surface area contributed by atoms with Gasteiger partial charge in [-0.1, -0.05) is 31.0 Å². The minimum absolute atomic E-state index is 0.0752. The molecule has 1 heterocycles. The number of nitrogens with zero attached hydrogens (tertiary/aromatic N) is 2. The van der Waals surface area contributed by atoms with Gasteiger partial charge in [0.2, 0.25) is 5.95 Å². The molecule has 0 aliphatic heterocycles. The quantitative estimate of drug-likeness (QED) is 0.385.